The SMILES string of the molecule is CC(Nc1ccc(C(F)(F)F)cc1)c1ccc(Cl)c(F)c1. The van der Waals surface area contributed by atoms with Crippen molar-refractivity contribution in [2.45, 2.75) is 19.1 Å². The molecule has 0 aromatic heterocycles. The van der Waals surface area contributed by atoms with Crippen molar-refractivity contribution in [1.82, 2.24) is 0 Å². The predicted molar refractivity (Wildman–Crippen MR) is 74.9 cm³/mol. The molecule has 0 saturated carbocycles. The average molecular weight is 318 g/mol. The fraction of sp³-hybridized carbons (Fsp3) is 0.200. The van der Waals surface area contributed by atoms with Crippen LogP contribution in [-0.2, 0) is 6.18 Å². The minimum absolute atomic E-state index is 0.0282. The van der Waals surface area contributed by atoms with Crippen LogP contribution in [0.25, 0.3) is 0 Å². The molecule has 0 radical (unpaired) electrons. The van der Waals surface area contributed by atoms with Crippen molar-refractivity contribution in [1.29, 1.82) is 0 Å². The highest BCUT2D eigenvalue weighted by atomic mass is 35.5. The number of alkyl halides is 3. The second-order valence-electron chi connectivity index (χ2n) is 4.61. The fourth-order valence-corrected chi connectivity index (χ4v) is 1.99. The molecule has 21 heavy (non-hydrogen) atoms. The summed E-state index contributed by atoms with van der Waals surface area (Å²) < 4.78 is 50.7. The van der Waals surface area contributed by atoms with Crippen molar-refractivity contribution in [3.05, 3.63) is 64.4 Å². The lowest BCUT2D eigenvalue weighted by Gasteiger charge is -2.16. The second kappa shape index (κ2) is 5.93. The second-order valence-corrected chi connectivity index (χ2v) is 5.02. The van der Waals surface area contributed by atoms with E-state index in [9.17, 15) is 17.6 Å². The number of hydrogen-bond acceptors (Lipinski definition) is 1. The Morgan fingerprint density at radius 2 is 1.67 bits per heavy atom. The predicted octanol–water partition coefficient (Wildman–Crippen LogP) is 5.67. The number of benzene rings is 2. The summed E-state index contributed by atoms with van der Waals surface area (Å²) in [5.74, 6) is -0.532. The highest BCUT2D eigenvalue weighted by Gasteiger charge is 2.29. The molecule has 0 heterocycles. The third-order valence-electron chi connectivity index (χ3n) is 3.04. The van der Waals surface area contributed by atoms with Gasteiger partial charge in [0.2, 0.25) is 0 Å². The summed E-state index contributed by atoms with van der Waals surface area (Å²) in [6.45, 7) is 1.78. The van der Waals surface area contributed by atoms with Gasteiger partial charge in [-0.3, -0.25) is 0 Å². The van der Waals surface area contributed by atoms with Gasteiger partial charge < -0.3 is 5.32 Å². The van der Waals surface area contributed by atoms with Gasteiger partial charge in [-0.05, 0) is 48.9 Å². The molecule has 1 N–H and O–H groups in total. The van der Waals surface area contributed by atoms with Crippen molar-refractivity contribution < 1.29 is 17.6 Å². The summed E-state index contributed by atoms with van der Waals surface area (Å²) in [5.41, 5.74) is 0.459. The van der Waals surface area contributed by atoms with E-state index in [2.05, 4.69) is 5.32 Å². The van der Waals surface area contributed by atoms with Crippen LogP contribution in [0.4, 0.5) is 23.2 Å². The molecule has 0 aliphatic rings. The van der Waals surface area contributed by atoms with Crippen molar-refractivity contribution in [2.24, 2.45) is 0 Å². The maximum absolute atomic E-state index is 13.4. The first-order valence-electron chi connectivity index (χ1n) is 6.16. The summed E-state index contributed by atoms with van der Waals surface area (Å²) in [6.07, 6.45) is -4.36. The van der Waals surface area contributed by atoms with Gasteiger partial charge in [0.1, 0.15) is 5.82 Å². The molecule has 1 atom stereocenters. The van der Waals surface area contributed by atoms with E-state index < -0.39 is 17.6 Å². The molecule has 0 spiro atoms. The van der Waals surface area contributed by atoms with Gasteiger partial charge in [-0.1, -0.05) is 17.7 Å². The van der Waals surface area contributed by atoms with Gasteiger partial charge in [-0.2, -0.15) is 13.2 Å². The zero-order chi connectivity index (χ0) is 15.6. The number of rotatable bonds is 3. The lowest BCUT2D eigenvalue weighted by atomic mass is 10.1. The molecule has 0 aliphatic carbocycles. The van der Waals surface area contributed by atoms with Gasteiger partial charge >= 0.3 is 6.18 Å². The Hall–Kier alpha value is -1.75. The van der Waals surface area contributed by atoms with Crippen LogP contribution in [0.3, 0.4) is 0 Å². The van der Waals surface area contributed by atoms with Crippen molar-refractivity contribution in [3.8, 4) is 0 Å². The molecule has 6 heteroatoms. The standard InChI is InChI=1S/C15H12ClF4N/c1-9(10-2-7-13(16)14(17)8-10)21-12-5-3-11(4-6-12)15(18,19)20/h2-9,21H,1H3. The van der Waals surface area contributed by atoms with E-state index in [1.54, 1.807) is 13.0 Å². The van der Waals surface area contributed by atoms with Crippen LogP contribution in [0.2, 0.25) is 5.02 Å². The van der Waals surface area contributed by atoms with Crippen LogP contribution in [0.1, 0.15) is 24.1 Å². The normalized spacial score (nSPS) is 13.0. The number of nitrogens with one attached hydrogen (secondary N) is 1. The summed E-state index contributed by atoms with van der Waals surface area (Å²) >= 11 is 5.60. The van der Waals surface area contributed by atoms with Gasteiger partial charge in [-0.25, -0.2) is 4.39 Å². The molecule has 0 bridgehead atoms. The van der Waals surface area contributed by atoms with Gasteiger partial charge in [0.05, 0.1) is 10.6 Å². The third-order valence-corrected chi connectivity index (χ3v) is 3.35. The quantitative estimate of drug-likeness (QED) is 0.719. The highest BCUT2D eigenvalue weighted by Crippen LogP contribution is 2.30. The lowest BCUT2D eigenvalue weighted by Crippen LogP contribution is -2.08. The Morgan fingerprint density at radius 3 is 2.19 bits per heavy atom. The largest absolute Gasteiger partial charge is 0.416 e. The topological polar surface area (TPSA) is 12.0 Å². The summed E-state index contributed by atoms with van der Waals surface area (Å²) in [7, 11) is 0. The number of halogens is 5. The average Bonchev–Trinajstić information content (AvgIpc) is 2.41. The third kappa shape index (κ3) is 3.88. The summed E-state index contributed by atoms with van der Waals surface area (Å²) in [6, 6.07) is 8.80. The lowest BCUT2D eigenvalue weighted by molar-refractivity contribution is -0.137. The van der Waals surface area contributed by atoms with Gasteiger partial charge in [0.15, 0.2) is 0 Å². The maximum atomic E-state index is 13.4. The molecule has 1 unspecified atom stereocenters. The molecule has 0 amide bonds. The van der Waals surface area contributed by atoms with Crippen molar-refractivity contribution in [3.63, 3.8) is 0 Å². The Labute approximate surface area is 124 Å². The molecule has 112 valence electrons. The molecular formula is C15H12ClF4N. The van der Waals surface area contributed by atoms with Crippen LogP contribution in [-0.4, -0.2) is 0 Å². The Kier molecular flexibility index (Phi) is 4.42. The molecule has 0 aliphatic heterocycles. The molecule has 0 saturated heterocycles. The smallest absolute Gasteiger partial charge is 0.379 e. The molecule has 0 fully saturated rings. The van der Waals surface area contributed by atoms with Crippen LogP contribution >= 0.6 is 11.6 Å². The Morgan fingerprint density at radius 1 is 1.05 bits per heavy atom. The molecule has 2 aromatic carbocycles. The highest BCUT2D eigenvalue weighted by molar-refractivity contribution is 6.30. The van der Waals surface area contributed by atoms with E-state index in [1.807, 2.05) is 0 Å². The minimum atomic E-state index is -4.36. The van der Waals surface area contributed by atoms with Crippen LogP contribution in [0.15, 0.2) is 42.5 Å². The van der Waals surface area contributed by atoms with E-state index in [-0.39, 0.29) is 11.1 Å². The Bertz CT molecular complexity index is 623. The first-order valence-corrected chi connectivity index (χ1v) is 6.54. The van der Waals surface area contributed by atoms with Crippen LogP contribution in [0.5, 0.6) is 0 Å². The minimum Gasteiger partial charge on any atom is -0.379 e. The summed E-state index contributed by atoms with van der Waals surface area (Å²) in [4.78, 5) is 0. The number of hydrogen-bond donors (Lipinski definition) is 1. The molecule has 2 aromatic rings. The van der Waals surface area contributed by atoms with Crippen LogP contribution < -0.4 is 5.32 Å². The van der Waals surface area contributed by atoms with Gasteiger partial charge in [-0.15, -0.1) is 0 Å². The molecule has 1 nitrogen and oxygen atoms in total. The summed E-state index contributed by atoms with van der Waals surface area (Å²) in [5, 5.41) is 3.03. The fourth-order valence-electron chi connectivity index (χ4n) is 1.87. The molecule has 2 rings (SSSR count). The number of anilines is 1. The molecular weight excluding hydrogens is 306 g/mol. The first kappa shape index (κ1) is 15.6. The zero-order valence-corrected chi connectivity index (χ0v) is 11.8. The zero-order valence-electron chi connectivity index (χ0n) is 11.0. The van der Waals surface area contributed by atoms with Crippen molar-refractivity contribution >= 4 is 17.3 Å². The van der Waals surface area contributed by atoms with Crippen LogP contribution in [0, 0.1) is 5.82 Å². The Balaban J connectivity index is 2.12. The van der Waals surface area contributed by atoms with Gasteiger partial charge in [0.25, 0.3) is 0 Å². The monoisotopic (exact) mass is 317 g/mol. The van der Waals surface area contributed by atoms with E-state index in [0.717, 1.165) is 12.1 Å². The van der Waals surface area contributed by atoms with E-state index >= 15 is 0 Å². The van der Waals surface area contributed by atoms with Crippen molar-refractivity contribution in [2.75, 3.05) is 5.32 Å². The van der Waals surface area contributed by atoms with E-state index in [1.165, 1.54) is 24.3 Å². The maximum Gasteiger partial charge on any atom is 0.416 e. The van der Waals surface area contributed by atoms with E-state index in [0.29, 0.717) is 11.3 Å². The van der Waals surface area contributed by atoms with E-state index in [4.69, 9.17) is 11.6 Å². The first-order chi connectivity index (χ1) is 9.77. The van der Waals surface area contributed by atoms with Gasteiger partial charge in [0, 0.05) is 11.7 Å².